The number of rotatable bonds is 6. The van der Waals surface area contributed by atoms with Gasteiger partial charge in [-0.25, -0.2) is 4.68 Å². The van der Waals surface area contributed by atoms with Gasteiger partial charge in [-0.15, -0.1) is 0 Å². The zero-order chi connectivity index (χ0) is 22.6. The summed E-state index contributed by atoms with van der Waals surface area (Å²) in [5.74, 6) is 0.287. The first-order valence-electron chi connectivity index (χ1n) is 10.5. The molecule has 5 aromatic rings. The maximum atomic E-state index is 13.6. The molecule has 6 heteroatoms. The van der Waals surface area contributed by atoms with E-state index in [9.17, 15) is 4.79 Å². The van der Waals surface area contributed by atoms with E-state index in [1.165, 1.54) is 0 Å². The molecule has 0 fully saturated rings. The average molecular weight is 454 g/mol. The maximum absolute atomic E-state index is 13.6. The van der Waals surface area contributed by atoms with Crippen molar-refractivity contribution >= 4 is 17.5 Å². The number of para-hydroxylation sites is 1. The summed E-state index contributed by atoms with van der Waals surface area (Å²) < 4.78 is 7.07. The number of aromatic nitrogens is 2. The van der Waals surface area contributed by atoms with Crippen LogP contribution in [0.2, 0.25) is 5.02 Å². The lowest BCUT2D eigenvalue weighted by Crippen LogP contribution is -2.31. The molecule has 0 bridgehead atoms. The molecule has 0 unspecified atom stereocenters. The molecule has 0 atom stereocenters. The molecule has 1 N–H and O–H groups in total. The Morgan fingerprint density at radius 1 is 0.848 bits per heavy atom. The van der Waals surface area contributed by atoms with E-state index in [1.54, 1.807) is 35.2 Å². The number of carbonyl (C=O) groups excluding carboxylic acids is 1. The molecule has 0 aliphatic rings. The zero-order valence-corrected chi connectivity index (χ0v) is 18.3. The average Bonchev–Trinajstić information content (AvgIpc) is 3.54. The largest absolute Gasteiger partial charge is 0.463 e. The summed E-state index contributed by atoms with van der Waals surface area (Å²) in [6, 6.07) is 32.0. The van der Waals surface area contributed by atoms with Crippen molar-refractivity contribution in [2.45, 2.75) is 6.04 Å². The Hall–Kier alpha value is -4.09. The van der Waals surface area contributed by atoms with E-state index >= 15 is 0 Å². The van der Waals surface area contributed by atoms with E-state index in [-0.39, 0.29) is 11.9 Å². The second-order valence-corrected chi connectivity index (χ2v) is 7.89. The van der Waals surface area contributed by atoms with Gasteiger partial charge in [0.2, 0.25) is 0 Å². The molecule has 33 heavy (non-hydrogen) atoms. The molecule has 2 heterocycles. The van der Waals surface area contributed by atoms with Gasteiger partial charge in [-0.05, 0) is 35.4 Å². The Morgan fingerprint density at radius 2 is 1.48 bits per heavy atom. The Labute approximate surface area is 196 Å². The topological polar surface area (TPSA) is 60.1 Å². The van der Waals surface area contributed by atoms with Gasteiger partial charge in [0, 0.05) is 6.07 Å². The number of furan rings is 1. The van der Waals surface area contributed by atoms with Crippen molar-refractivity contribution in [3.05, 3.63) is 131 Å². The van der Waals surface area contributed by atoms with Crippen LogP contribution in [0.15, 0.2) is 114 Å². The molecule has 162 valence electrons. The molecule has 0 aliphatic heterocycles. The summed E-state index contributed by atoms with van der Waals surface area (Å²) in [4.78, 5) is 13.6. The Morgan fingerprint density at radius 3 is 2.09 bits per heavy atom. The van der Waals surface area contributed by atoms with Crippen LogP contribution >= 0.6 is 11.6 Å². The van der Waals surface area contributed by atoms with Gasteiger partial charge in [-0.2, -0.15) is 5.10 Å². The fourth-order valence-corrected chi connectivity index (χ4v) is 3.97. The van der Waals surface area contributed by atoms with Crippen LogP contribution in [0.25, 0.3) is 17.1 Å². The highest BCUT2D eigenvalue weighted by Gasteiger charge is 2.23. The number of halogens is 1. The SMILES string of the molecule is O=C(NC(c1ccccc1)c1ccccc1)c1cc(-c2ccco2)nn1-c1ccccc1Cl. The standard InChI is InChI=1S/C27H20ClN3O2/c28-21-14-7-8-15-23(21)31-24(18-22(30-31)25-16-9-17-33-25)27(32)29-26(19-10-3-1-4-11-19)20-12-5-2-6-13-20/h1-18,26H,(H,29,32). The highest BCUT2D eigenvalue weighted by Crippen LogP contribution is 2.27. The number of carbonyl (C=O) groups is 1. The van der Waals surface area contributed by atoms with Crippen LogP contribution in [0.4, 0.5) is 0 Å². The van der Waals surface area contributed by atoms with E-state index < -0.39 is 0 Å². The highest BCUT2D eigenvalue weighted by atomic mass is 35.5. The lowest BCUT2D eigenvalue weighted by molar-refractivity contribution is 0.0935. The van der Waals surface area contributed by atoms with Crippen LogP contribution in [0.5, 0.6) is 0 Å². The van der Waals surface area contributed by atoms with Gasteiger partial charge in [-0.3, -0.25) is 4.79 Å². The summed E-state index contributed by atoms with van der Waals surface area (Å²) in [6.45, 7) is 0. The molecule has 5 rings (SSSR count). The summed E-state index contributed by atoms with van der Waals surface area (Å²) in [6.07, 6.45) is 1.57. The third-order valence-electron chi connectivity index (χ3n) is 5.34. The molecule has 3 aromatic carbocycles. The Kier molecular flexibility index (Phi) is 5.79. The monoisotopic (exact) mass is 453 g/mol. The molecule has 0 saturated carbocycles. The van der Waals surface area contributed by atoms with Gasteiger partial charge in [0.25, 0.3) is 5.91 Å². The third kappa shape index (κ3) is 4.31. The molecule has 0 saturated heterocycles. The second kappa shape index (κ2) is 9.18. The lowest BCUT2D eigenvalue weighted by Gasteiger charge is -2.20. The number of nitrogens with zero attached hydrogens (tertiary/aromatic N) is 2. The summed E-state index contributed by atoms with van der Waals surface area (Å²) >= 11 is 6.45. The smallest absolute Gasteiger partial charge is 0.270 e. The fourth-order valence-electron chi connectivity index (χ4n) is 3.75. The molecule has 2 aromatic heterocycles. The normalized spacial score (nSPS) is 11.0. The minimum Gasteiger partial charge on any atom is -0.463 e. The summed E-state index contributed by atoms with van der Waals surface area (Å²) in [7, 11) is 0. The van der Waals surface area contributed by atoms with Crippen LogP contribution in [0.1, 0.15) is 27.7 Å². The number of amides is 1. The quantitative estimate of drug-likeness (QED) is 0.328. The molecule has 0 spiro atoms. The van der Waals surface area contributed by atoms with Crippen LogP contribution in [-0.2, 0) is 0 Å². The first-order chi connectivity index (χ1) is 16.2. The number of hydrogen-bond acceptors (Lipinski definition) is 3. The van der Waals surface area contributed by atoms with Crippen molar-refractivity contribution in [3.63, 3.8) is 0 Å². The Bertz CT molecular complexity index is 1320. The maximum Gasteiger partial charge on any atom is 0.270 e. The summed E-state index contributed by atoms with van der Waals surface area (Å²) in [5.41, 5.74) is 3.46. The molecule has 0 aliphatic carbocycles. The first-order valence-corrected chi connectivity index (χ1v) is 10.9. The fraction of sp³-hybridized carbons (Fsp3) is 0.0370. The van der Waals surface area contributed by atoms with Crippen molar-refractivity contribution in [1.29, 1.82) is 0 Å². The predicted octanol–water partition coefficient (Wildman–Crippen LogP) is 6.31. The zero-order valence-electron chi connectivity index (χ0n) is 17.6. The van der Waals surface area contributed by atoms with Gasteiger partial charge in [0.15, 0.2) is 5.76 Å². The number of hydrogen-bond donors (Lipinski definition) is 1. The second-order valence-electron chi connectivity index (χ2n) is 7.48. The van der Waals surface area contributed by atoms with Crippen molar-refractivity contribution < 1.29 is 9.21 Å². The van der Waals surface area contributed by atoms with Crippen LogP contribution in [0, 0.1) is 0 Å². The third-order valence-corrected chi connectivity index (χ3v) is 5.66. The van der Waals surface area contributed by atoms with E-state index in [2.05, 4.69) is 10.4 Å². The minimum absolute atomic E-state index is 0.280. The van der Waals surface area contributed by atoms with Gasteiger partial charge in [0.1, 0.15) is 11.4 Å². The van der Waals surface area contributed by atoms with Gasteiger partial charge < -0.3 is 9.73 Å². The van der Waals surface area contributed by atoms with Gasteiger partial charge in [-0.1, -0.05) is 84.4 Å². The Balaban J connectivity index is 1.58. The van der Waals surface area contributed by atoms with Crippen LogP contribution in [-0.4, -0.2) is 15.7 Å². The minimum atomic E-state index is -0.332. The molecule has 1 amide bonds. The first kappa shape index (κ1) is 20.8. The van der Waals surface area contributed by atoms with Crippen molar-refractivity contribution in [2.75, 3.05) is 0 Å². The molecular formula is C27H20ClN3O2. The van der Waals surface area contributed by atoms with Crippen molar-refractivity contribution in [1.82, 2.24) is 15.1 Å². The van der Waals surface area contributed by atoms with E-state index in [0.717, 1.165) is 11.1 Å². The van der Waals surface area contributed by atoms with E-state index in [0.29, 0.717) is 27.9 Å². The lowest BCUT2D eigenvalue weighted by atomic mass is 9.98. The molecule has 5 nitrogen and oxygen atoms in total. The van der Waals surface area contributed by atoms with E-state index in [1.807, 2.05) is 78.9 Å². The van der Waals surface area contributed by atoms with Crippen LogP contribution < -0.4 is 5.32 Å². The molecular weight excluding hydrogens is 434 g/mol. The predicted molar refractivity (Wildman–Crippen MR) is 128 cm³/mol. The summed E-state index contributed by atoms with van der Waals surface area (Å²) in [5, 5.41) is 8.31. The van der Waals surface area contributed by atoms with Gasteiger partial charge >= 0.3 is 0 Å². The molecule has 0 radical (unpaired) electrons. The van der Waals surface area contributed by atoms with Gasteiger partial charge in [0.05, 0.1) is 23.0 Å². The van der Waals surface area contributed by atoms with E-state index in [4.69, 9.17) is 16.0 Å². The van der Waals surface area contributed by atoms with Crippen molar-refractivity contribution in [3.8, 4) is 17.1 Å². The highest BCUT2D eigenvalue weighted by molar-refractivity contribution is 6.32. The number of benzene rings is 3. The van der Waals surface area contributed by atoms with Crippen molar-refractivity contribution in [2.24, 2.45) is 0 Å². The van der Waals surface area contributed by atoms with Crippen LogP contribution in [0.3, 0.4) is 0 Å². The number of nitrogens with one attached hydrogen (secondary N) is 1.